The van der Waals surface area contributed by atoms with E-state index in [1.807, 2.05) is 12.1 Å². The quantitative estimate of drug-likeness (QED) is 0.229. The van der Waals surface area contributed by atoms with E-state index in [2.05, 4.69) is 36.4 Å². The summed E-state index contributed by atoms with van der Waals surface area (Å²) in [7, 11) is 0. The van der Waals surface area contributed by atoms with E-state index in [0.29, 0.717) is 0 Å². The van der Waals surface area contributed by atoms with Crippen LogP contribution in [-0.2, 0) is 6.42 Å². The molecule has 5 rings (SSSR count). The Morgan fingerprint density at radius 1 is 0.966 bits per heavy atom. The van der Waals surface area contributed by atoms with Crippen molar-refractivity contribution < 1.29 is 14.1 Å². The van der Waals surface area contributed by atoms with Crippen LogP contribution in [0.4, 0.5) is 10.1 Å². The molecule has 0 aromatic heterocycles. The molecule has 29 heavy (non-hydrogen) atoms. The molecule has 0 heterocycles. The Labute approximate surface area is 166 Å². The lowest BCUT2D eigenvalue weighted by molar-refractivity contribution is -0.386. The number of rotatable bonds is 3. The van der Waals surface area contributed by atoms with Crippen LogP contribution in [0.3, 0.4) is 0 Å². The Hall–Kier alpha value is -3.47. The number of benzene rings is 4. The molecule has 1 aliphatic carbocycles. The third-order valence-electron chi connectivity index (χ3n) is 5.68. The number of ether oxygens (including phenoxy) is 1. The highest BCUT2D eigenvalue weighted by atomic mass is 19.1. The number of aryl methyl sites for hydroxylation is 1. The van der Waals surface area contributed by atoms with Gasteiger partial charge in [-0.3, -0.25) is 10.1 Å². The number of nitro benzene ring substituents is 1. The number of fused-ring (bicyclic) bond motifs is 5. The zero-order chi connectivity index (χ0) is 20.0. The van der Waals surface area contributed by atoms with Gasteiger partial charge >= 0.3 is 5.69 Å². The van der Waals surface area contributed by atoms with Crippen LogP contribution in [0.25, 0.3) is 21.5 Å². The van der Waals surface area contributed by atoms with Crippen LogP contribution in [0.2, 0.25) is 0 Å². The molecule has 0 fully saturated rings. The average molecular weight is 387 g/mol. The Balaban J connectivity index is 1.68. The van der Waals surface area contributed by atoms with Gasteiger partial charge in [0.2, 0.25) is 5.75 Å². The lowest BCUT2D eigenvalue weighted by Crippen LogP contribution is -2.16. The largest absolute Gasteiger partial charge is 0.479 e. The van der Waals surface area contributed by atoms with Gasteiger partial charge in [-0.05, 0) is 52.4 Å². The molecule has 144 valence electrons. The van der Waals surface area contributed by atoms with Crippen molar-refractivity contribution in [2.24, 2.45) is 0 Å². The van der Waals surface area contributed by atoms with E-state index in [-0.39, 0.29) is 17.5 Å². The highest BCUT2D eigenvalue weighted by molar-refractivity contribution is 6.08. The molecule has 4 nitrogen and oxygen atoms in total. The first-order chi connectivity index (χ1) is 14.1. The van der Waals surface area contributed by atoms with Gasteiger partial charge in [0, 0.05) is 17.7 Å². The third kappa shape index (κ3) is 2.99. The summed E-state index contributed by atoms with van der Waals surface area (Å²) in [6.45, 7) is 0. The smallest absolute Gasteiger partial charge is 0.311 e. The molecular formula is C24H18FNO3. The number of nitro groups is 1. The van der Waals surface area contributed by atoms with E-state index in [4.69, 9.17) is 4.74 Å². The standard InChI is InChI=1S/C24H18FNO3/c25-17-10-13-21(26(27)28)23(14-17)29-22-7-3-5-16-9-11-19-18-6-2-1-4-15(18)8-12-20(19)24(16)22/h1-2,4,6,8-14,22H,3,5,7H2. The summed E-state index contributed by atoms with van der Waals surface area (Å²) in [6.07, 6.45) is 2.22. The van der Waals surface area contributed by atoms with Gasteiger partial charge in [0.05, 0.1) is 4.92 Å². The summed E-state index contributed by atoms with van der Waals surface area (Å²) in [4.78, 5) is 10.8. The van der Waals surface area contributed by atoms with Crippen molar-refractivity contribution in [2.75, 3.05) is 0 Å². The van der Waals surface area contributed by atoms with Gasteiger partial charge in [-0.1, -0.05) is 48.5 Å². The van der Waals surface area contributed by atoms with Crippen molar-refractivity contribution in [1.29, 1.82) is 0 Å². The van der Waals surface area contributed by atoms with Gasteiger partial charge < -0.3 is 4.74 Å². The predicted molar refractivity (Wildman–Crippen MR) is 111 cm³/mol. The highest BCUT2D eigenvalue weighted by Crippen LogP contribution is 2.41. The monoisotopic (exact) mass is 387 g/mol. The topological polar surface area (TPSA) is 52.4 Å². The minimum Gasteiger partial charge on any atom is -0.479 e. The molecule has 1 atom stereocenters. The molecule has 4 aromatic rings. The van der Waals surface area contributed by atoms with E-state index < -0.39 is 10.7 Å². The van der Waals surface area contributed by atoms with E-state index in [9.17, 15) is 14.5 Å². The van der Waals surface area contributed by atoms with Crippen molar-refractivity contribution >= 4 is 27.2 Å². The molecule has 0 saturated heterocycles. The first-order valence-corrected chi connectivity index (χ1v) is 9.65. The Morgan fingerprint density at radius 3 is 2.66 bits per heavy atom. The maximum absolute atomic E-state index is 13.8. The third-order valence-corrected chi connectivity index (χ3v) is 5.68. The van der Waals surface area contributed by atoms with Crippen LogP contribution in [0.5, 0.6) is 5.75 Å². The SMILES string of the molecule is O=[N+]([O-])c1ccc(F)cc1OC1CCCc2ccc3c(ccc4ccccc43)c21. The first-order valence-electron chi connectivity index (χ1n) is 9.65. The molecule has 0 bridgehead atoms. The molecule has 0 spiro atoms. The van der Waals surface area contributed by atoms with Gasteiger partial charge in [0.1, 0.15) is 11.9 Å². The number of halogens is 1. The number of hydrogen-bond donors (Lipinski definition) is 0. The van der Waals surface area contributed by atoms with Gasteiger partial charge in [-0.25, -0.2) is 4.39 Å². The first kappa shape index (κ1) is 17.6. The molecule has 5 heteroatoms. The minimum atomic E-state index is -0.550. The summed E-state index contributed by atoms with van der Waals surface area (Å²) < 4.78 is 19.9. The van der Waals surface area contributed by atoms with Gasteiger partial charge in [-0.2, -0.15) is 0 Å². The van der Waals surface area contributed by atoms with E-state index in [1.165, 1.54) is 5.56 Å². The second-order valence-corrected chi connectivity index (χ2v) is 7.39. The Bertz CT molecular complexity index is 1270. The fourth-order valence-corrected chi connectivity index (χ4v) is 4.38. The fourth-order valence-electron chi connectivity index (χ4n) is 4.38. The fraction of sp³-hybridized carbons (Fsp3) is 0.167. The number of nitrogens with zero attached hydrogens (tertiary/aromatic N) is 1. The van der Waals surface area contributed by atoms with Crippen LogP contribution in [0, 0.1) is 15.9 Å². The summed E-state index contributed by atoms with van der Waals surface area (Å²) in [5, 5.41) is 15.9. The lowest BCUT2D eigenvalue weighted by Gasteiger charge is -2.28. The number of hydrogen-bond acceptors (Lipinski definition) is 3. The maximum Gasteiger partial charge on any atom is 0.311 e. The van der Waals surface area contributed by atoms with E-state index in [1.54, 1.807) is 0 Å². The summed E-state index contributed by atoms with van der Waals surface area (Å²) in [6, 6.07) is 20.0. The summed E-state index contributed by atoms with van der Waals surface area (Å²) in [5.74, 6) is -0.573. The second kappa shape index (κ2) is 6.85. The second-order valence-electron chi connectivity index (χ2n) is 7.39. The van der Waals surface area contributed by atoms with Crippen molar-refractivity contribution in [3.05, 3.63) is 93.8 Å². The molecule has 0 N–H and O–H groups in total. The minimum absolute atomic E-state index is 0.0226. The van der Waals surface area contributed by atoms with E-state index >= 15 is 0 Å². The Kier molecular flexibility index (Phi) is 4.16. The average Bonchev–Trinajstić information content (AvgIpc) is 2.73. The summed E-state index contributed by atoms with van der Waals surface area (Å²) >= 11 is 0. The van der Waals surface area contributed by atoms with Gasteiger partial charge in [-0.15, -0.1) is 0 Å². The molecule has 0 aliphatic heterocycles. The molecule has 1 aliphatic rings. The zero-order valence-corrected chi connectivity index (χ0v) is 15.6. The predicted octanol–water partition coefficient (Wildman–Crippen LogP) is 6.50. The molecule has 1 unspecified atom stereocenters. The normalized spacial score (nSPS) is 16.0. The summed E-state index contributed by atoms with van der Waals surface area (Å²) in [5.41, 5.74) is 2.02. The molecule has 0 amide bonds. The van der Waals surface area contributed by atoms with Crippen molar-refractivity contribution in [1.82, 2.24) is 0 Å². The zero-order valence-electron chi connectivity index (χ0n) is 15.6. The maximum atomic E-state index is 13.8. The van der Waals surface area contributed by atoms with Gasteiger partial charge in [0.25, 0.3) is 0 Å². The van der Waals surface area contributed by atoms with Crippen LogP contribution < -0.4 is 4.74 Å². The molecular weight excluding hydrogens is 369 g/mol. The Morgan fingerprint density at radius 2 is 1.79 bits per heavy atom. The van der Waals surface area contributed by atoms with Crippen molar-refractivity contribution in [3.8, 4) is 5.75 Å². The molecule has 4 aromatic carbocycles. The van der Waals surface area contributed by atoms with Crippen LogP contribution in [-0.4, -0.2) is 4.92 Å². The van der Waals surface area contributed by atoms with Gasteiger partial charge in [0.15, 0.2) is 0 Å². The van der Waals surface area contributed by atoms with Crippen LogP contribution >= 0.6 is 0 Å². The highest BCUT2D eigenvalue weighted by Gasteiger charge is 2.27. The van der Waals surface area contributed by atoms with Crippen LogP contribution in [0.1, 0.15) is 30.1 Å². The lowest BCUT2D eigenvalue weighted by atomic mass is 9.84. The van der Waals surface area contributed by atoms with Crippen LogP contribution in [0.15, 0.2) is 66.7 Å². The van der Waals surface area contributed by atoms with E-state index in [0.717, 1.165) is 64.6 Å². The van der Waals surface area contributed by atoms with Crippen molar-refractivity contribution in [3.63, 3.8) is 0 Å². The van der Waals surface area contributed by atoms with Crippen molar-refractivity contribution in [2.45, 2.75) is 25.4 Å². The molecule has 0 saturated carbocycles. The molecule has 0 radical (unpaired) electrons.